The van der Waals surface area contributed by atoms with Crippen molar-refractivity contribution in [3.63, 3.8) is 0 Å². The number of carbonyl (C=O) groups excluding carboxylic acids is 2. The van der Waals surface area contributed by atoms with Crippen LogP contribution in [0.1, 0.15) is 37.3 Å². The molecule has 1 aromatic heterocycles. The first-order valence-electron chi connectivity index (χ1n) is 6.40. The Kier molecular flexibility index (Phi) is 3.69. The second kappa shape index (κ2) is 5.15. The molecule has 1 amide bonds. The molecule has 0 aromatic carbocycles. The molecule has 0 aliphatic carbocycles. The predicted octanol–water partition coefficient (Wildman–Crippen LogP) is 1.46. The summed E-state index contributed by atoms with van der Waals surface area (Å²) in [7, 11) is 1.33. The molecule has 0 N–H and O–H groups in total. The number of carbonyl (C=O) groups is 2. The summed E-state index contributed by atoms with van der Waals surface area (Å²) in [6, 6.07) is 0.0270. The lowest BCUT2D eigenvalue weighted by atomic mass is 10.1. The van der Waals surface area contributed by atoms with Crippen LogP contribution >= 0.6 is 0 Å². The number of imidazole rings is 1. The number of rotatable bonds is 2. The standard InChI is InChI=1S/C13H19N3O4/c1-13(2,3)20-12(18)15-6-9(7-15)16-8-14-5-10(16)11(17)19-4/h5,8-9H,6-7H2,1-4H3. The summed E-state index contributed by atoms with van der Waals surface area (Å²) in [6.07, 6.45) is 2.69. The first kappa shape index (κ1) is 14.4. The van der Waals surface area contributed by atoms with E-state index in [0.717, 1.165) is 0 Å². The van der Waals surface area contributed by atoms with Gasteiger partial charge in [0, 0.05) is 13.1 Å². The summed E-state index contributed by atoms with van der Waals surface area (Å²) in [5, 5.41) is 0. The quantitative estimate of drug-likeness (QED) is 0.767. The van der Waals surface area contributed by atoms with Crippen molar-refractivity contribution in [2.24, 2.45) is 0 Å². The Morgan fingerprint density at radius 2 is 2.00 bits per heavy atom. The van der Waals surface area contributed by atoms with Crippen LogP contribution in [0.5, 0.6) is 0 Å². The third-order valence-corrected chi connectivity index (χ3v) is 2.97. The molecular formula is C13H19N3O4. The maximum atomic E-state index is 11.8. The van der Waals surface area contributed by atoms with Crippen LogP contribution in [0.4, 0.5) is 4.79 Å². The molecule has 1 aliphatic rings. The molecule has 1 saturated heterocycles. The molecule has 0 bridgehead atoms. The monoisotopic (exact) mass is 281 g/mol. The van der Waals surface area contributed by atoms with E-state index < -0.39 is 11.6 Å². The van der Waals surface area contributed by atoms with E-state index in [9.17, 15) is 9.59 Å². The minimum Gasteiger partial charge on any atom is -0.464 e. The fourth-order valence-electron chi connectivity index (χ4n) is 1.97. The molecule has 0 atom stereocenters. The first-order valence-corrected chi connectivity index (χ1v) is 6.40. The van der Waals surface area contributed by atoms with Gasteiger partial charge in [-0.25, -0.2) is 14.6 Å². The molecule has 2 rings (SSSR count). The van der Waals surface area contributed by atoms with Gasteiger partial charge in [-0.1, -0.05) is 0 Å². The molecule has 1 aromatic rings. The van der Waals surface area contributed by atoms with Crippen LogP contribution in [0.2, 0.25) is 0 Å². The number of nitrogens with zero attached hydrogens (tertiary/aromatic N) is 3. The highest BCUT2D eigenvalue weighted by Crippen LogP contribution is 2.25. The van der Waals surface area contributed by atoms with E-state index >= 15 is 0 Å². The molecule has 110 valence electrons. The van der Waals surface area contributed by atoms with Crippen LogP contribution in [0.15, 0.2) is 12.5 Å². The zero-order chi connectivity index (χ0) is 14.9. The lowest BCUT2D eigenvalue weighted by Gasteiger charge is -2.40. The zero-order valence-corrected chi connectivity index (χ0v) is 12.1. The van der Waals surface area contributed by atoms with Crippen LogP contribution in [-0.2, 0) is 9.47 Å². The Morgan fingerprint density at radius 3 is 2.55 bits per heavy atom. The van der Waals surface area contributed by atoms with Crippen molar-refractivity contribution in [3.8, 4) is 0 Å². The van der Waals surface area contributed by atoms with Crippen LogP contribution in [-0.4, -0.2) is 52.3 Å². The van der Waals surface area contributed by atoms with Gasteiger partial charge in [0.25, 0.3) is 0 Å². The number of esters is 1. The van der Waals surface area contributed by atoms with Gasteiger partial charge in [0.05, 0.1) is 25.7 Å². The first-order chi connectivity index (χ1) is 9.31. The molecule has 1 aliphatic heterocycles. The summed E-state index contributed by atoms with van der Waals surface area (Å²) in [4.78, 5) is 28.9. The highest BCUT2D eigenvalue weighted by molar-refractivity contribution is 5.87. The molecule has 0 saturated carbocycles. The fraction of sp³-hybridized carbons (Fsp3) is 0.615. The topological polar surface area (TPSA) is 73.7 Å². The minimum atomic E-state index is -0.506. The lowest BCUT2D eigenvalue weighted by molar-refractivity contribution is 0.000650. The second-order valence-electron chi connectivity index (χ2n) is 5.72. The second-order valence-corrected chi connectivity index (χ2v) is 5.72. The average molecular weight is 281 g/mol. The summed E-state index contributed by atoms with van der Waals surface area (Å²) in [6.45, 7) is 6.47. The molecule has 0 radical (unpaired) electrons. The Bertz CT molecular complexity index is 512. The molecule has 0 spiro atoms. The fourth-order valence-corrected chi connectivity index (χ4v) is 1.97. The Morgan fingerprint density at radius 1 is 1.35 bits per heavy atom. The lowest BCUT2D eigenvalue weighted by Crippen LogP contribution is -2.52. The van der Waals surface area contributed by atoms with Gasteiger partial charge in [-0.15, -0.1) is 0 Å². The van der Waals surface area contributed by atoms with Gasteiger partial charge >= 0.3 is 12.1 Å². The molecule has 0 unspecified atom stereocenters. The number of amides is 1. The average Bonchev–Trinajstić information content (AvgIpc) is 2.72. The van der Waals surface area contributed by atoms with Gasteiger partial charge < -0.3 is 18.9 Å². The van der Waals surface area contributed by atoms with Crippen molar-refractivity contribution < 1.29 is 19.1 Å². The van der Waals surface area contributed by atoms with E-state index in [2.05, 4.69) is 9.72 Å². The molecule has 2 heterocycles. The largest absolute Gasteiger partial charge is 0.464 e. The predicted molar refractivity (Wildman–Crippen MR) is 70.4 cm³/mol. The smallest absolute Gasteiger partial charge is 0.410 e. The number of aromatic nitrogens is 2. The van der Waals surface area contributed by atoms with Crippen molar-refractivity contribution in [3.05, 3.63) is 18.2 Å². The Balaban J connectivity index is 1.95. The van der Waals surface area contributed by atoms with Gasteiger partial charge in [0.2, 0.25) is 0 Å². The van der Waals surface area contributed by atoms with Crippen molar-refractivity contribution in [2.75, 3.05) is 20.2 Å². The molecule has 7 nitrogen and oxygen atoms in total. The number of methoxy groups -OCH3 is 1. The maximum Gasteiger partial charge on any atom is 0.410 e. The van der Waals surface area contributed by atoms with E-state index in [0.29, 0.717) is 18.8 Å². The van der Waals surface area contributed by atoms with Crippen LogP contribution < -0.4 is 0 Å². The number of hydrogen-bond donors (Lipinski definition) is 0. The summed E-state index contributed by atoms with van der Waals surface area (Å²) in [5.74, 6) is -0.432. The highest BCUT2D eigenvalue weighted by atomic mass is 16.6. The Labute approximate surface area is 117 Å². The zero-order valence-electron chi connectivity index (χ0n) is 12.1. The molecule has 20 heavy (non-hydrogen) atoms. The third-order valence-electron chi connectivity index (χ3n) is 2.97. The summed E-state index contributed by atoms with van der Waals surface area (Å²) >= 11 is 0. The molecule has 7 heteroatoms. The highest BCUT2D eigenvalue weighted by Gasteiger charge is 2.36. The normalized spacial score (nSPS) is 15.7. The van der Waals surface area contributed by atoms with E-state index in [-0.39, 0.29) is 12.1 Å². The van der Waals surface area contributed by atoms with Crippen molar-refractivity contribution >= 4 is 12.1 Å². The van der Waals surface area contributed by atoms with E-state index in [4.69, 9.17) is 4.74 Å². The van der Waals surface area contributed by atoms with Crippen molar-refractivity contribution in [1.82, 2.24) is 14.5 Å². The summed E-state index contributed by atoms with van der Waals surface area (Å²) < 4.78 is 11.7. The van der Waals surface area contributed by atoms with E-state index in [1.807, 2.05) is 20.8 Å². The van der Waals surface area contributed by atoms with Crippen LogP contribution in [0, 0.1) is 0 Å². The third kappa shape index (κ3) is 2.92. The number of likely N-dealkylation sites (tertiary alicyclic amines) is 1. The van der Waals surface area contributed by atoms with Gasteiger partial charge in [-0.2, -0.15) is 0 Å². The van der Waals surface area contributed by atoms with Gasteiger partial charge in [0.15, 0.2) is 0 Å². The molecular weight excluding hydrogens is 262 g/mol. The van der Waals surface area contributed by atoms with Crippen molar-refractivity contribution in [2.45, 2.75) is 32.4 Å². The maximum absolute atomic E-state index is 11.8. The van der Waals surface area contributed by atoms with Gasteiger partial charge in [0.1, 0.15) is 11.3 Å². The van der Waals surface area contributed by atoms with Crippen molar-refractivity contribution in [1.29, 1.82) is 0 Å². The van der Waals surface area contributed by atoms with Crippen LogP contribution in [0.3, 0.4) is 0 Å². The van der Waals surface area contributed by atoms with Crippen LogP contribution in [0.25, 0.3) is 0 Å². The minimum absolute atomic E-state index is 0.0270. The Hall–Kier alpha value is -2.05. The number of ether oxygens (including phenoxy) is 2. The SMILES string of the molecule is COC(=O)c1cncn1C1CN(C(=O)OC(C)(C)C)C1. The summed E-state index contributed by atoms with van der Waals surface area (Å²) in [5.41, 5.74) is -0.115. The van der Waals surface area contributed by atoms with Gasteiger partial charge in [-0.05, 0) is 20.8 Å². The van der Waals surface area contributed by atoms with E-state index in [1.54, 1.807) is 15.8 Å². The van der Waals surface area contributed by atoms with E-state index in [1.165, 1.54) is 13.3 Å². The number of hydrogen-bond acceptors (Lipinski definition) is 5. The molecule has 1 fully saturated rings. The van der Waals surface area contributed by atoms with Gasteiger partial charge in [-0.3, -0.25) is 0 Å².